The number of nitrogens with zero attached hydrogens (tertiary/aromatic N) is 1. The van der Waals surface area contributed by atoms with Gasteiger partial charge in [0.25, 0.3) is 0 Å². The summed E-state index contributed by atoms with van der Waals surface area (Å²) < 4.78 is 10.2. The van der Waals surface area contributed by atoms with E-state index in [1.165, 1.54) is 6.08 Å². The molecule has 1 heterocycles. The lowest BCUT2D eigenvalue weighted by Gasteiger charge is -2.30. The molecule has 0 radical (unpaired) electrons. The van der Waals surface area contributed by atoms with Crippen molar-refractivity contribution in [3.05, 3.63) is 0 Å². The van der Waals surface area contributed by atoms with Gasteiger partial charge in [0.15, 0.2) is 5.72 Å². The van der Waals surface area contributed by atoms with E-state index in [9.17, 15) is 4.79 Å². The van der Waals surface area contributed by atoms with Crippen molar-refractivity contribution in [1.82, 2.24) is 0 Å². The molecule has 0 unspecified atom stereocenters. The van der Waals surface area contributed by atoms with Gasteiger partial charge in [0.05, 0.1) is 13.2 Å². The highest BCUT2D eigenvalue weighted by Crippen LogP contribution is 2.24. The summed E-state index contributed by atoms with van der Waals surface area (Å²) in [7, 11) is 1.55. The van der Waals surface area contributed by atoms with Crippen LogP contribution in [0.15, 0.2) is 4.99 Å². The third-order valence-corrected chi connectivity index (χ3v) is 1.90. The summed E-state index contributed by atoms with van der Waals surface area (Å²) in [4.78, 5) is 13.7. The zero-order chi connectivity index (χ0) is 8.16. The van der Waals surface area contributed by atoms with Gasteiger partial charge in [-0.3, -0.25) is 0 Å². The van der Waals surface area contributed by atoms with E-state index < -0.39 is 5.72 Å². The molecule has 4 heteroatoms. The Kier molecular flexibility index (Phi) is 2.76. The largest absolute Gasteiger partial charge is 0.381 e. The van der Waals surface area contributed by atoms with Crippen LogP contribution >= 0.6 is 0 Å². The van der Waals surface area contributed by atoms with E-state index in [0.717, 1.165) is 0 Å². The molecule has 0 aliphatic carbocycles. The first-order valence-electron chi connectivity index (χ1n) is 3.55. The second kappa shape index (κ2) is 3.62. The molecule has 62 valence electrons. The predicted octanol–water partition coefficient (Wildman–Crippen LogP) is 0.475. The molecule has 0 aromatic heterocycles. The van der Waals surface area contributed by atoms with Crippen LogP contribution in [0.3, 0.4) is 0 Å². The summed E-state index contributed by atoms with van der Waals surface area (Å²) in [6.45, 7) is 1.19. The van der Waals surface area contributed by atoms with E-state index in [-0.39, 0.29) is 0 Å². The zero-order valence-corrected chi connectivity index (χ0v) is 6.50. The van der Waals surface area contributed by atoms with Crippen molar-refractivity contribution in [3.63, 3.8) is 0 Å². The van der Waals surface area contributed by atoms with Crippen LogP contribution in [-0.2, 0) is 14.3 Å². The average molecular weight is 157 g/mol. The monoisotopic (exact) mass is 157 g/mol. The fraction of sp³-hybridized carbons (Fsp3) is 0.857. The Hall–Kier alpha value is -0.700. The molecule has 0 N–H and O–H groups in total. The Labute approximate surface area is 65.2 Å². The molecule has 1 aliphatic heterocycles. The van der Waals surface area contributed by atoms with Gasteiger partial charge in [-0.15, -0.1) is 0 Å². The second-order valence-electron chi connectivity index (χ2n) is 2.47. The normalized spacial score (nSPS) is 22.3. The second-order valence-corrected chi connectivity index (χ2v) is 2.47. The summed E-state index contributed by atoms with van der Waals surface area (Å²) in [6.07, 6.45) is 2.80. The molecule has 0 bridgehead atoms. The molecule has 11 heavy (non-hydrogen) atoms. The summed E-state index contributed by atoms with van der Waals surface area (Å²) in [5.74, 6) is 0. The molecule has 0 saturated carbocycles. The molecule has 0 amide bonds. The van der Waals surface area contributed by atoms with Gasteiger partial charge in [0.1, 0.15) is 0 Å². The highest BCUT2D eigenvalue weighted by atomic mass is 16.5. The standard InChI is InChI=1S/C7H11NO3/c1-10-7(8-6-9)2-4-11-5-3-7/h2-5H2,1H3. The molecule has 0 aromatic rings. The number of isocyanates is 1. The van der Waals surface area contributed by atoms with Gasteiger partial charge in [0, 0.05) is 20.0 Å². The van der Waals surface area contributed by atoms with Crippen LogP contribution in [0.25, 0.3) is 0 Å². The van der Waals surface area contributed by atoms with Crippen LogP contribution in [-0.4, -0.2) is 32.1 Å². The molecular weight excluding hydrogens is 146 g/mol. The van der Waals surface area contributed by atoms with Crippen molar-refractivity contribution in [2.75, 3.05) is 20.3 Å². The Morgan fingerprint density at radius 1 is 1.55 bits per heavy atom. The molecular formula is C7H11NO3. The molecule has 1 rings (SSSR count). The minimum atomic E-state index is -0.653. The average Bonchev–Trinajstić information content (AvgIpc) is 2.07. The van der Waals surface area contributed by atoms with Gasteiger partial charge in [0.2, 0.25) is 6.08 Å². The Morgan fingerprint density at radius 2 is 2.18 bits per heavy atom. The number of aliphatic imine (C=N–C) groups is 1. The lowest BCUT2D eigenvalue weighted by atomic mass is 10.1. The van der Waals surface area contributed by atoms with Crippen LogP contribution < -0.4 is 0 Å². The minimum Gasteiger partial charge on any atom is -0.381 e. The lowest BCUT2D eigenvalue weighted by Crippen LogP contribution is -2.36. The van der Waals surface area contributed by atoms with Crippen LogP contribution in [0.2, 0.25) is 0 Å². The van der Waals surface area contributed by atoms with Crippen molar-refractivity contribution in [1.29, 1.82) is 0 Å². The van der Waals surface area contributed by atoms with Gasteiger partial charge < -0.3 is 9.47 Å². The third kappa shape index (κ3) is 1.87. The first-order valence-corrected chi connectivity index (χ1v) is 3.55. The van der Waals surface area contributed by atoms with Gasteiger partial charge in [-0.2, -0.15) is 4.99 Å². The number of hydrogen-bond donors (Lipinski definition) is 0. The number of ether oxygens (including phenoxy) is 2. The Balaban J connectivity index is 2.64. The third-order valence-electron chi connectivity index (χ3n) is 1.90. The first kappa shape index (κ1) is 8.40. The lowest BCUT2D eigenvalue weighted by molar-refractivity contribution is -0.0834. The molecule has 1 aliphatic rings. The van der Waals surface area contributed by atoms with E-state index in [1.54, 1.807) is 7.11 Å². The fourth-order valence-corrected chi connectivity index (χ4v) is 1.14. The molecule has 1 fully saturated rings. The molecule has 4 nitrogen and oxygen atoms in total. The number of carbonyl (C=O) groups excluding carboxylic acids is 1. The van der Waals surface area contributed by atoms with E-state index in [4.69, 9.17) is 9.47 Å². The van der Waals surface area contributed by atoms with Gasteiger partial charge in [-0.25, -0.2) is 4.79 Å². The number of methoxy groups -OCH3 is 1. The zero-order valence-electron chi connectivity index (χ0n) is 6.50. The summed E-state index contributed by atoms with van der Waals surface area (Å²) in [5.41, 5.74) is -0.653. The highest BCUT2D eigenvalue weighted by molar-refractivity contribution is 5.34. The molecule has 1 saturated heterocycles. The van der Waals surface area contributed by atoms with E-state index in [2.05, 4.69) is 4.99 Å². The predicted molar refractivity (Wildman–Crippen MR) is 37.9 cm³/mol. The van der Waals surface area contributed by atoms with Gasteiger partial charge in [-0.1, -0.05) is 0 Å². The van der Waals surface area contributed by atoms with E-state index in [0.29, 0.717) is 26.1 Å². The van der Waals surface area contributed by atoms with Gasteiger partial charge in [-0.05, 0) is 0 Å². The quantitative estimate of drug-likeness (QED) is 0.432. The maximum absolute atomic E-state index is 10.0. The van der Waals surface area contributed by atoms with Crippen LogP contribution in [0, 0.1) is 0 Å². The smallest absolute Gasteiger partial charge is 0.237 e. The highest BCUT2D eigenvalue weighted by Gasteiger charge is 2.31. The van der Waals surface area contributed by atoms with Crippen molar-refractivity contribution in [2.24, 2.45) is 4.99 Å². The Bertz CT molecular complexity index is 169. The summed E-state index contributed by atoms with van der Waals surface area (Å²) >= 11 is 0. The topological polar surface area (TPSA) is 47.9 Å². The van der Waals surface area contributed by atoms with E-state index >= 15 is 0 Å². The number of hydrogen-bond acceptors (Lipinski definition) is 4. The maximum Gasteiger partial charge on any atom is 0.237 e. The molecule has 0 spiro atoms. The van der Waals surface area contributed by atoms with Crippen LogP contribution in [0.5, 0.6) is 0 Å². The SMILES string of the molecule is COC1(N=C=O)CCOCC1. The summed E-state index contributed by atoms with van der Waals surface area (Å²) in [5, 5.41) is 0. The Morgan fingerprint density at radius 3 is 2.64 bits per heavy atom. The first-order chi connectivity index (χ1) is 5.33. The van der Waals surface area contributed by atoms with Crippen molar-refractivity contribution in [3.8, 4) is 0 Å². The number of rotatable bonds is 2. The van der Waals surface area contributed by atoms with E-state index in [1.807, 2.05) is 0 Å². The molecule has 0 aromatic carbocycles. The van der Waals surface area contributed by atoms with Crippen LogP contribution in [0.1, 0.15) is 12.8 Å². The van der Waals surface area contributed by atoms with Gasteiger partial charge >= 0.3 is 0 Å². The fourth-order valence-electron chi connectivity index (χ4n) is 1.14. The summed E-state index contributed by atoms with van der Waals surface area (Å²) in [6, 6.07) is 0. The van der Waals surface area contributed by atoms with Crippen LogP contribution in [0.4, 0.5) is 0 Å². The molecule has 0 atom stereocenters. The van der Waals surface area contributed by atoms with Crippen molar-refractivity contribution in [2.45, 2.75) is 18.6 Å². The minimum absolute atomic E-state index is 0.596. The van der Waals surface area contributed by atoms with Crippen molar-refractivity contribution >= 4 is 6.08 Å². The maximum atomic E-state index is 10.0. The van der Waals surface area contributed by atoms with Crippen molar-refractivity contribution < 1.29 is 14.3 Å².